The summed E-state index contributed by atoms with van der Waals surface area (Å²) >= 11 is 0. The van der Waals surface area contributed by atoms with Gasteiger partial charge in [0, 0.05) is 6.54 Å². The summed E-state index contributed by atoms with van der Waals surface area (Å²) in [4.78, 5) is 28.8. The summed E-state index contributed by atoms with van der Waals surface area (Å²) in [5, 5.41) is 0.00495. The SMILES string of the molecule is CC1C(=O)N([C@H](C)c2ccccc2)C[C@@]1(CO[Si](C)(C)C(C)(C)C)C(=O)OC(C)(C)C. The topological polar surface area (TPSA) is 55.8 Å². The summed E-state index contributed by atoms with van der Waals surface area (Å²) in [6.45, 7) is 20.8. The average molecular weight is 448 g/mol. The van der Waals surface area contributed by atoms with Gasteiger partial charge >= 0.3 is 5.97 Å². The molecule has 2 rings (SSSR count). The molecular weight excluding hydrogens is 406 g/mol. The summed E-state index contributed by atoms with van der Waals surface area (Å²) in [5.41, 5.74) is -0.612. The zero-order valence-electron chi connectivity index (χ0n) is 21.0. The van der Waals surface area contributed by atoms with Crippen molar-refractivity contribution in [3.05, 3.63) is 35.9 Å². The van der Waals surface area contributed by atoms with Crippen LogP contribution in [0.5, 0.6) is 0 Å². The number of amides is 1. The Morgan fingerprint density at radius 2 is 1.71 bits per heavy atom. The smallest absolute Gasteiger partial charge is 0.317 e. The van der Waals surface area contributed by atoms with Crippen molar-refractivity contribution >= 4 is 20.2 Å². The fourth-order valence-corrected chi connectivity index (χ4v) is 4.67. The van der Waals surface area contributed by atoms with Gasteiger partial charge in [0.15, 0.2) is 8.32 Å². The molecule has 1 fully saturated rings. The Kier molecular flexibility index (Phi) is 7.18. The van der Waals surface area contributed by atoms with E-state index < -0.39 is 25.3 Å². The first-order chi connectivity index (χ1) is 14.0. The van der Waals surface area contributed by atoms with Crippen LogP contribution in [0.1, 0.15) is 67.0 Å². The van der Waals surface area contributed by atoms with Crippen LogP contribution in [0, 0.1) is 11.3 Å². The summed E-state index contributed by atoms with van der Waals surface area (Å²) in [6.07, 6.45) is 0. The molecule has 1 saturated heterocycles. The fourth-order valence-electron chi connectivity index (χ4n) is 3.62. The van der Waals surface area contributed by atoms with Crippen molar-refractivity contribution in [2.45, 2.75) is 85.2 Å². The number of esters is 1. The van der Waals surface area contributed by atoms with Crippen LogP contribution in [0.3, 0.4) is 0 Å². The number of likely N-dealkylation sites (tertiary alicyclic amines) is 1. The Morgan fingerprint density at radius 1 is 1.16 bits per heavy atom. The fraction of sp³-hybridized carbons (Fsp3) is 0.680. The summed E-state index contributed by atoms with van der Waals surface area (Å²) in [6, 6.07) is 9.80. The van der Waals surface area contributed by atoms with Crippen molar-refractivity contribution in [3.63, 3.8) is 0 Å². The molecule has 6 heteroatoms. The molecule has 1 aliphatic heterocycles. The molecule has 0 spiro atoms. The third-order valence-electron chi connectivity index (χ3n) is 6.99. The Labute approximate surface area is 189 Å². The number of rotatable bonds is 6. The van der Waals surface area contributed by atoms with Gasteiger partial charge in [0.2, 0.25) is 5.91 Å². The first-order valence-electron chi connectivity index (χ1n) is 11.2. The van der Waals surface area contributed by atoms with Crippen molar-refractivity contribution in [3.8, 4) is 0 Å². The molecule has 1 unspecified atom stereocenters. The van der Waals surface area contributed by atoms with Gasteiger partial charge in [0.1, 0.15) is 11.0 Å². The van der Waals surface area contributed by atoms with Crippen molar-refractivity contribution in [1.82, 2.24) is 4.90 Å². The van der Waals surface area contributed by atoms with E-state index in [1.54, 1.807) is 0 Å². The van der Waals surface area contributed by atoms with Crippen LogP contribution in [0.2, 0.25) is 18.1 Å². The molecule has 5 nitrogen and oxygen atoms in total. The van der Waals surface area contributed by atoms with Gasteiger partial charge in [-0.3, -0.25) is 9.59 Å². The molecule has 1 aliphatic rings. The lowest BCUT2D eigenvalue weighted by molar-refractivity contribution is -0.172. The van der Waals surface area contributed by atoms with Gasteiger partial charge in [-0.25, -0.2) is 0 Å². The lowest BCUT2D eigenvalue weighted by Gasteiger charge is -2.40. The second-order valence-corrected chi connectivity index (χ2v) is 16.3. The number of nitrogens with zero attached hydrogens (tertiary/aromatic N) is 1. The van der Waals surface area contributed by atoms with Crippen molar-refractivity contribution in [2.24, 2.45) is 11.3 Å². The maximum atomic E-state index is 13.5. The largest absolute Gasteiger partial charge is 0.459 e. The van der Waals surface area contributed by atoms with Gasteiger partial charge in [-0.1, -0.05) is 58.0 Å². The lowest BCUT2D eigenvalue weighted by Crippen LogP contribution is -2.51. The quantitative estimate of drug-likeness (QED) is 0.422. The Hall–Kier alpha value is -1.66. The molecule has 1 amide bonds. The molecule has 1 aromatic rings. The minimum atomic E-state index is -2.13. The Morgan fingerprint density at radius 3 is 2.19 bits per heavy atom. The highest BCUT2D eigenvalue weighted by Crippen LogP contribution is 2.45. The van der Waals surface area contributed by atoms with Gasteiger partial charge in [-0.15, -0.1) is 0 Å². The summed E-state index contributed by atoms with van der Waals surface area (Å²) in [5.74, 6) is -0.887. The molecular formula is C25H41NO4Si. The van der Waals surface area contributed by atoms with E-state index in [1.165, 1.54) is 0 Å². The average Bonchev–Trinajstić information content (AvgIpc) is 2.90. The van der Waals surface area contributed by atoms with E-state index in [0.717, 1.165) is 5.56 Å². The third kappa shape index (κ3) is 5.40. The van der Waals surface area contributed by atoms with Crippen LogP contribution in [0.4, 0.5) is 0 Å². The summed E-state index contributed by atoms with van der Waals surface area (Å²) in [7, 11) is -2.13. The van der Waals surface area contributed by atoms with Crippen LogP contribution in [0.25, 0.3) is 0 Å². The number of hydrogen-bond donors (Lipinski definition) is 0. The van der Waals surface area contributed by atoms with E-state index in [1.807, 2.05) is 69.9 Å². The monoisotopic (exact) mass is 447 g/mol. The number of carbonyl (C=O) groups is 2. The number of ether oxygens (including phenoxy) is 1. The Balaban J connectivity index is 2.42. The maximum Gasteiger partial charge on any atom is 0.317 e. The molecule has 0 aromatic heterocycles. The van der Waals surface area contributed by atoms with E-state index in [-0.39, 0.29) is 29.6 Å². The van der Waals surface area contributed by atoms with Crippen molar-refractivity contribution in [1.29, 1.82) is 0 Å². The third-order valence-corrected chi connectivity index (χ3v) is 11.5. The normalized spacial score (nSPS) is 23.7. The molecule has 1 heterocycles. The molecule has 174 valence electrons. The predicted octanol–water partition coefficient (Wildman–Crippen LogP) is 5.58. The highest BCUT2D eigenvalue weighted by molar-refractivity contribution is 6.74. The van der Waals surface area contributed by atoms with E-state index in [4.69, 9.17) is 9.16 Å². The van der Waals surface area contributed by atoms with Gasteiger partial charge in [0.05, 0.1) is 18.6 Å². The minimum absolute atomic E-state index is 0.00495. The number of carbonyl (C=O) groups excluding carboxylic acids is 2. The van der Waals surface area contributed by atoms with Crippen LogP contribution < -0.4 is 0 Å². The molecule has 0 radical (unpaired) electrons. The van der Waals surface area contributed by atoms with E-state index in [2.05, 4.69) is 33.9 Å². The highest BCUT2D eigenvalue weighted by atomic mass is 28.4. The van der Waals surface area contributed by atoms with E-state index >= 15 is 0 Å². The van der Waals surface area contributed by atoms with E-state index in [9.17, 15) is 9.59 Å². The number of hydrogen-bond acceptors (Lipinski definition) is 4. The second kappa shape index (κ2) is 8.70. The van der Waals surface area contributed by atoms with Crippen LogP contribution in [-0.2, 0) is 18.8 Å². The standard InChI is InChI=1S/C25H41NO4Si/c1-18-21(27)26(19(2)20-14-12-11-13-15-20)16-25(18,22(28)30-23(3,4)5)17-29-31(9,10)24(6,7)8/h11-15,18-19H,16-17H2,1-10H3/t18?,19-,25+/m1/s1. The molecule has 0 bridgehead atoms. The Bertz CT molecular complexity index is 794. The lowest BCUT2D eigenvalue weighted by atomic mass is 9.79. The maximum absolute atomic E-state index is 13.5. The van der Waals surface area contributed by atoms with Crippen LogP contribution in [-0.4, -0.2) is 43.8 Å². The van der Waals surface area contributed by atoms with Crippen LogP contribution in [0.15, 0.2) is 30.3 Å². The minimum Gasteiger partial charge on any atom is -0.459 e. The molecule has 1 aromatic carbocycles. The molecule has 31 heavy (non-hydrogen) atoms. The van der Waals surface area contributed by atoms with Crippen molar-refractivity contribution in [2.75, 3.05) is 13.2 Å². The van der Waals surface area contributed by atoms with Gasteiger partial charge < -0.3 is 14.1 Å². The van der Waals surface area contributed by atoms with E-state index in [0.29, 0.717) is 6.54 Å². The van der Waals surface area contributed by atoms with Gasteiger partial charge in [-0.05, 0) is 51.4 Å². The number of benzene rings is 1. The zero-order chi connectivity index (χ0) is 23.8. The van der Waals surface area contributed by atoms with Gasteiger partial charge in [-0.2, -0.15) is 0 Å². The first kappa shape index (κ1) is 25.6. The second-order valence-electron chi connectivity index (χ2n) is 11.5. The molecule has 0 aliphatic carbocycles. The zero-order valence-corrected chi connectivity index (χ0v) is 22.0. The molecule has 3 atom stereocenters. The van der Waals surface area contributed by atoms with Crippen molar-refractivity contribution < 1.29 is 18.8 Å². The molecule has 0 N–H and O–H groups in total. The molecule has 0 saturated carbocycles. The summed E-state index contributed by atoms with van der Waals surface area (Å²) < 4.78 is 12.4. The first-order valence-corrected chi connectivity index (χ1v) is 14.2. The van der Waals surface area contributed by atoms with Crippen LogP contribution >= 0.6 is 0 Å². The van der Waals surface area contributed by atoms with Gasteiger partial charge in [0.25, 0.3) is 0 Å². The predicted molar refractivity (Wildman–Crippen MR) is 127 cm³/mol. The highest BCUT2D eigenvalue weighted by Gasteiger charge is 2.58.